The highest BCUT2D eigenvalue weighted by molar-refractivity contribution is 7.17. The number of fused-ring (bicyclic) bond motifs is 2. The van der Waals surface area contributed by atoms with E-state index in [1.54, 1.807) is 17.4 Å². The molecule has 4 rings (SSSR count). The van der Waals surface area contributed by atoms with E-state index >= 15 is 0 Å². The lowest BCUT2D eigenvalue weighted by Gasteiger charge is -1.98. The fourth-order valence-corrected chi connectivity index (χ4v) is 3.47. The summed E-state index contributed by atoms with van der Waals surface area (Å²) in [5.74, 6) is 0. The Kier molecular flexibility index (Phi) is 3.12. The molecule has 0 bridgehead atoms. The molecule has 23 heavy (non-hydrogen) atoms. The Bertz CT molecular complexity index is 1120. The number of nitrogens with zero attached hydrogens (tertiary/aromatic N) is 3. The van der Waals surface area contributed by atoms with Gasteiger partial charge in [-0.3, -0.25) is 9.20 Å². The van der Waals surface area contributed by atoms with Gasteiger partial charge in [-0.25, -0.2) is 9.97 Å². The lowest BCUT2D eigenvalue weighted by atomic mass is 10.2. The summed E-state index contributed by atoms with van der Waals surface area (Å²) in [4.78, 5) is 26.1. The third-order valence-electron chi connectivity index (χ3n) is 3.69. The standard InChI is InChI=1S/C17H14N4OS/c1-10-9-21-15(11(2)18-17(21)23-10)8-7-14-16(22)20-13-6-4-3-5-12(13)19-14/h3-9H,1-2H3,(H,20,22). The van der Waals surface area contributed by atoms with Crippen molar-refractivity contribution in [2.75, 3.05) is 0 Å². The number of imidazole rings is 1. The van der Waals surface area contributed by atoms with Crippen molar-refractivity contribution in [3.8, 4) is 0 Å². The fraction of sp³-hybridized carbons (Fsp3) is 0.118. The molecule has 0 aliphatic rings. The molecule has 3 aromatic heterocycles. The van der Waals surface area contributed by atoms with Crippen LogP contribution in [0.4, 0.5) is 0 Å². The Morgan fingerprint density at radius 2 is 2.00 bits per heavy atom. The molecule has 0 spiro atoms. The topological polar surface area (TPSA) is 63.1 Å². The van der Waals surface area contributed by atoms with E-state index in [0.717, 1.165) is 27.4 Å². The number of aryl methyl sites for hydroxylation is 2. The molecule has 0 saturated heterocycles. The largest absolute Gasteiger partial charge is 0.319 e. The molecular weight excluding hydrogens is 308 g/mol. The van der Waals surface area contributed by atoms with Crippen LogP contribution in [0.25, 0.3) is 28.1 Å². The van der Waals surface area contributed by atoms with Crippen molar-refractivity contribution in [1.82, 2.24) is 19.4 Å². The van der Waals surface area contributed by atoms with E-state index in [1.165, 1.54) is 4.88 Å². The van der Waals surface area contributed by atoms with Crippen LogP contribution in [0.15, 0.2) is 35.3 Å². The number of benzene rings is 1. The second-order valence-electron chi connectivity index (χ2n) is 5.38. The number of para-hydroxylation sites is 2. The Hall–Kier alpha value is -2.73. The molecule has 0 atom stereocenters. The minimum absolute atomic E-state index is 0.195. The summed E-state index contributed by atoms with van der Waals surface area (Å²) >= 11 is 1.65. The lowest BCUT2D eigenvalue weighted by Crippen LogP contribution is -2.11. The first-order valence-corrected chi connectivity index (χ1v) is 8.06. The van der Waals surface area contributed by atoms with Gasteiger partial charge < -0.3 is 4.98 Å². The Labute approximate surface area is 136 Å². The molecule has 5 nitrogen and oxygen atoms in total. The summed E-state index contributed by atoms with van der Waals surface area (Å²) in [5.41, 5.74) is 3.62. The van der Waals surface area contributed by atoms with Crippen LogP contribution >= 0.6 is 11.3 Å². The quantitative estimate of drug-likeness (QED) is 0.615. The molecule has 0 saturated carbocycles. The highest BCUT2D eigenvalue weighted by Gasteiger charge is 2.09. The molecule has 0 aliphatic heterocycles. The first kappa shape index (κ1) is 13.9. The van der Waals surface area contributed by atoms with Gasteiger partial charge in [0, 0.05) is 11.1 Å². The monoisotopic (exact) mass is 322 g/mol. The van der Waals surface area contributed by atoms with Gasteiger partial charge in [-0.15, -0.1) is 11.3 Å². The van der Waals surface area contributed by atoms with Gasteiger partial charge in [-0.1, -0.05) is 12.1 Å². The molecule has 0 aliphatic carbocycles. The fourth-order valence-electron chi connectivity index (χ4n) is 2.60. The number of thiazole rings is 1. The first-order chi connectivity index (χ1) is 11.1. The summed E-state index contributed by atoms with van der Waals surface area (Å²) in [6.07, 6.45) is 5.69. The molecule has 6 heteroatoms. The zero-order chi connectivity index (χ0) is 16.0. The molecule has 1 N–H and O–H groups in total. The number of aromatic amines is 1. The summed E-state index contributed by atoms with van der Waals surface area (Å²) in [7, 11) is 0. The van der Waals surface area contributed by atoms with E-state index in [0.29, 0.717) is 5.69 Å². The zero-order valence-corrected chi connectivity index (χ0v) is 13.5. The summed E-state index contributed by atoms with van der Waals surface area (Å²) in [6, 6.07) is 7.50. The van der Waals surface area contributed by atoms with Crippen LogP contribution in [0.1, 0.15) is 22.0 Å². The molecule has 3 heterocycles. The minimum atomic E-state index is -0.195. The highest BCUT2D eigenvalue weighted by Crippen LogP contribution is 2.22. The smallest absolute Gasteiger partial charge is 0.274 e. The minimum Gasteiger partial charge on any atom is -0.319 e. The van der Waals surface area contributed by atoms with Gasteiger partial charge >= 0.3 is 0 Å². The van der Waals surface area contributed by atoms with Gasteiger partial charge in [0.1, 0.15) is 5.69 Å². The predicted octanol–water partition coefficient (Wildman–Crippen LogP) is 3.42. The van der Waals surface area contributed by atoms with E-state index in [-0.39, 0.29) is 5.56 Å². The van der Waals surface area contributed by atoms with E-state index in [1.807, 2.05) is 41.7 Å². The van der Waals surface area contributed by atoms with Gasteiger partial charge in [0.25, 0.3) is 5.56 Å². The third-order valence-corrected chi connectivity index (χ3v) is 4.59. The van der Waals surface area contributed by atoms with Crippen molar-refractivity contribution in [1.29, 1.82) is 0 Å². The lowest BCUT2D eigenvalue weighted by molar-refractivity contribution is 1.17. The van der Waals surface area contributed by atoms with Crippen LogP contribution in [-0.4, -0.2) is 19.4 Å². The van der Waals surface area contributed by atoms with Crippen molar-refractivity contribution in [3.63, 3.8) is 0 Å². The number of rotatable bonds is 2. The van der Waals surface area contributed by atoms with Crippen LogP contribution in [0.3, 0.4) is 0 Å². The summed E-state index contributed by atoms with van der Waals surface area (Å²) in [5, 5.41) is 0. The molecule has 0 fully saturated rings. The van der Waals surface area contributed by atoms with Crippen molar-refractivity contribution in [3.05, 3.63) is 62.8 Å². The maximum Gasteiger partial charge on any atom is 0.274 e. The normalized spacial score (nSPS) is 11.9. The Morgan fingerprint density at radius 3 is 2.87 bits per heavy atom. The van der Waals surface area contributed by atoms with Gasteiger partial charge in [0.05, 0.1) is 22.4 Å². The highest BCUT2D eigenvalue weighted by atomic mass is 32.1. The Morgan fingerprint density at radius 1 is 1.17 bits per heavy atom. The maximum atomic E-state index is 12.2. The average molecular weight is 322 g/mol. The third kappa shape index (κ3) is 2.37. The second kappa shape index (κ2) is 5.17. The first-order valence-electron chi connectivity index (χ1n) is 7.24. The molecular formula is C17H14N4OS. The van der Waals surface area contributed by atoms with Gasteiger partial charge in [-0.2, -0.15) is 0 Å². The molecule has 0 radical (unpaired) electrons. The molecule has 4 aromatic rings. The molecule has 0 amide bonds. The van der Waals surface area contributed by atoms with Crippen LogP contribution < -0.4 is 5.56 Å². The van der Waals surface area contributed by atoms with E-state index in [9.17, 15) is 4.79 Å². The van der Waals surface area contributed by atoms with Crippen LogP contribution in [-0.2, 0) is 0 Å². The number of hydrogen-bond donors (Lipinski definition) is 1. The van der Waals surface area contributed by atoms with Crippen molar-refractivity contribution < 1.29 is 0 Å². The van der Waals surface area contributed by atoms with Gasteiger partial charge in [0.2, 0.25) is 0 Å². The van der Waals surface area contributed by atoms with E-state index in [4.69, 9.17) is 0 Å². The average Bonchev–Trinajstić information content (AvgIpc) is 3.00. The number of aromatic nitrogens is 4. The summed E-state index contributed by atoms with van der Waals surface area (Å²) < 4.78 is 2.04. The molecule has 0 unspecified atom stereocenters. The van der Waals surface area contributed by atoms with Crippen molar-refractivity contribution in [2.24, 2.45) is 0 Å². The Balaban J connectivity index is 1.82. The van der Waals surface area contributed by atoms with Crippen LogP contribution in [0, 0.1) is 13.8 Å². The molecule has 114 valence electrons. The number of hydrogen-bond acceptors (Lipinski definition) is 4. The van der Waals surface area contributed by atoms with Crippen molar-refractivity contribution in [2.45, 2.75) is 13.8 Å². The maximum absolute atomic E-state index is 12.2. The van der Waals surface area contributed by atoms with E-state index in [2.05, 4.69) is 28.1 Å². The van der Waals surface area contributed by atoms with E-state index < -0.39 is 0 Å². The SMILES string of the molecule is Cc1cn2c(C=Cc3nc4ccccc4[nH]c3=O)c(C)nc2s1. The summed E-state index contributed by atoms with van der Waals surface area (Å²) in [6.45, 7) is 4.02. The van der Waals surface area contributed by atoms with Crippen LogP contribution in [0.2, 0.25) is 0 Å². The molecule has 1 aromatic carbocycles. The second-order valence-corrected chi connectivity index (χ2v) is 6.59. The van der Waals surface area contributed by atoms with Crippen LogP contribution in [0.5, 0.6) is 0 Å². The van der Waals surface area contributed by atoms with Crippen molar-refractivity contribution >= 4 is 39.5 Å². The number of H-pyrrole nitrogens is 1. The van der Waals surface area contributed by atoms with Gasteiger partial charge in [0.15, 0.2) is 4.96 Å². The zero-order valence-electron chi connectivity index (χ0n) is 12.7. The predicted molar refractivity (Wildman–Crippen MR) is 93.8 cm³/mol. The number of nitrogens with one attached hydrogen (secondary N) is 1. The van der Waals surface area contributed by atoms with Gasteiger partial charge in [-0.05, 0) is 38.1 Å².